The van der Waals surface area contributed by atoms with E-state index >= 15 is 0 Å². The van der Waals surface area contributed by atoms with Crippen LogP contribution in [0.3, 0.4) is 0 Å². The first-order chi connectivity index (χ1) is 4.09. The zero-order valence-electron chi connectivity index (χ0n) is 5.00. The van der Waals surface area contributed by atoms with Crippen LogP contribution in [0.15, 0.2) is 0 Å². The van der Waals surface area contributed by atoms with Crippen molar-refractivity contribution in [3.8, 4) is 0 Å². The summed E-state index contributed by atoms with van der Waals surface area (Å²) in [6, 6.07) is 0. The maximum atomic E-state index is 9.99. The van der Waals surface area contributed by atoms with Crippen LogP contribution in [0.1, 0.15) is 13.3 Å². The molecule has 10 heavy (non-hydrogen) atoms. The molecule has 0 saturated carbocycles. The molecule has 0 atom stereocenters. The predicted molar refractivity (Wildman–Crippen MR) is 36.2 cm³/mol. The van der Waals surface area contributed by atoms with Crippen molar-refractivity contribution in [3.63, 3.8) is 0 Å². The van der Waals surface area contributed by atoms with E-state index in [0.29, 0.717) is 0 Å². The summed E-state index contributed by atoms with van der Waals surface area (Å²) in [5.74, 6) is -3.79. The first-order valence-electron chi connectivity index (χ1n) is 2.55. The Morgan fingerprint density at radius 3 is 1.60 bits per heavy atom. The van der Waals surface area contributed by atoms with E-state index in [1.54, 1.807) is 0 Å². The number of rotatable bonds is 3. The molecular weight excluding hydrogens is 131 g/mol. The molecular formula is C5H9LiO4. The molecule has 0 aliphatic rings. The van der Waals surface area contributed by atoms with E-state index in [-0.39, 0.29) is 25.3 Å². The second-order valence-electron chi connectivity index (χ2n) is 1.64. The van der Waals surface area contributed by atoms with Crippen molar-refractivity contribution in [3.05, 3.63) is 0 Å². The Bertz CT molecular complexity index is 120. The number of carboxylic acid groups (broad SMARTS) is 2. The van der Waals surface area contributed by atoms with Gasteiger partial charge in [-0.05, 0) is 6.42 Å². The van der Waals surface area contributed by atoms with E-state index < -0.39 is 17.9 Å². The van der Waals surface area contributed by atoms with Gasteiger partial charge in [-0.15, -0.1) is 0 Å². The number of aliphatic carboxylic acids is 2. The summed E-state index contributed by atoms with van der Waals surface area (Å²) in [6.07, 6.45) is 0.130. The van der Waals surface area contributed by atoms with Gasteiger partial charge in [-0.1, -0.05) is 6.92 Å². The molecule has 0 radical (unpaired) electrons. The fourth-order valence-electron chi connectivity index (χ4n) is 0.455. The van der Waals surface area contributed by atoms with Crippen molar-refractivity contribution in [1.82, 2.24) is 0 Å². The van der Waals surface area contributed by atoms with Crippen molar-refractivity contribution >= 4 is 30.8 Å². The Morgan fingerprint density at radius 1 is 1.30 bits per heavy atom. The average molecular weight is 140 g/mol. The monoisotopic (exact) mass is 140 g/mol. The Hall–Kier alpha value is -0.463. The molecule has 0 bridgehead atoms. The van der Waals surface area contributed by atoms with E-state index in [4.69, 9.17) is 10.2 Å². The summed E-state index contributed by atoms with van der Waals surface area (Å²) >= 11 is 0. The van der Waals surface area contributed by atoms with Gasteiger partial charge < -0.3 is 10.2 Å². The Morgan fingerprint density at radius 2 is 1.60 bits per heavy atom. The van der Waals surface area contributed by atoms with Gasteiger partial charge in [0.15, 0.2) is 5.92 Å². The van der Waals surface area contributed by atoms with Crippen LogP contribution < -0.4 is 0 Å². The second-order valence-corrected chi connectivity index (χ2v) is 1.64. The molecule has 2 N–H and O–H groups in total. The third-order valence-corrected chi connectivity index (χ3v) is 1.00. The van der Waals surface area contributed by atoms with Gasteiger partial charge in [-0.2, -0.15) is 0 Å². The van der Waals surface area contributed by atoms with E-state index in [0.717, 1.165) is 0 Å². The molecule has 0 aromatic heterocycles. The zero-order chi connectivity index (χ0) is 7.44. The van der Waals surface area contributed by atoms with Crippen LogP contribution in [0, 0.1) is 5.92 Å². The van der Waals surface area contributed by atoms with Crippen molar-refractivity contribution < 1.29 is 19.8 Å². The fourth-order valence-corrected chi connectivity index (χ4v) is 0.455. The SMILES string of the molecule is CCC(C(=O)O)C(=O)O.[LiH]. The Labute approximate surface area is 70.4 Å². The van der Waals surface area contributed by atoms with Gasteiger partial charge >= 0.3 is 30.8 Å². The normalized spacial score (nSPS) is 8.60. The third kappa shape index (κ3) is 3.54. The maximum absolute atomic E-state index is 9.99. The predicted octanol–water partition coefficient (Wildman–Crippen LogP) is -0.467. The standard InChI is InChI=1S/C5H8O4.Li.H/c1-2-3(4(6)7)5(8)9;;/h3H,2H2,1H3,(H,6,7)(H,8,9);;. The molecule has 0 aromatic rings. The molecule has 0 fully saturated rings. The number of carboxylic acids is 2. The molecule has 5 heteroatoms. The molecule has 0 spiro atoms. The number of hydrogen-bond donors (Lipinski definition) is 2. The van der Waals surface area contributed by atoms with Crippen LogP contribution in [0.2, 0.25) is 0 Å². The van der Waals surface area contributed by atoms with Crippen LogP contribution in [0.25, 0.3) is 0 Å². The van der Waals surface area contributed by atoms with Crippen LogP contribution in [0.4, 0.5) is 0 Å². The molecule has 4 nitrogen and oxygen atoms in total. The van der Waals surface area contributed by atoms with Crippen molar-refractivity contribution in [2.45, 2.75) is 13.3 Å². The summed E-state index contributed by atoms with van der Waals surface area (Å²) in [5.41, 5.74) is 0. The van der Waals surface area contributed by atoms with Gasteiger partial charge in [0.2, 0.25) is 0 Å². The molecule has 0 aliphatic heterocycles. The Balaban J connectivity index is 0. The summed E-state index contributed by atoms with van der Waals surface area (Å²) in [7, 11) is 0. The number of carbonyl (C=O) groups is 2. The molecule has 0 amide bonds. The van der Waals surface area contributed by atoms with E-state index in [9.17, 15) is 9.59 Å². The molecule has 0 unspecified atom stereocenters. The van der Waals surface area contributed by atoms with Gasteiger partial charge in [-0.3, -0.25) is 9.59 Å². The van der Waals surface area contributed by atoms with Gasteiger partial charge in [0.05, 0.1) is 0 Å². The minimum absolute atomic E-state index is 0. The van der Waals surface area contributed by atoms with Crippen LogP contribution in [0.5, 0.6) is 0 Å². The van der Waals surface area contributed by atoms with Crippen LogP contribution in [-0.4, -0.2) is 41.0 Å². The van der Waals surface area contributed by atoms with Gasteiger partial charge in [0.25, 0.3) is 0 Å². The number of hydrogen-bond acceptors (Lipinski definition) is 2. The first-order valence-corrected chi connectivity index (χ1v) is 2.55. The molecule has 0 saturated heterocycles. The van der Waals surface area contributed by atoms with Gasteiger partial charge in [-0.25, -0.2) is 0 Å². The summed E-state index contributed by atoms with van der Waals surface area (Å²) < 4.78 is 0. The zero-order valence-corrected chi connectivity index (χ0v) is 5.00. The quantitative estimate of drug-likeness (QED) is 0.410. The summed E-state index contributed by atoms with van der Waals surface area (Å²) in [5, 5.41) is 16.3. The Kier molecular flexibility index (Phi) is 6.52. The summed E-state index contributed by atoms with van der Waals surface area (Å²) in [6.45, 7) is 1.52. The second kappa shape index (κ2) is 5.33. The molecule has 0 aliphatic carbocycles. The average Bonchev–Trinajstić information content (AvgIpc) is 1.64. The van der Waals surface area contributed by atoms with E-state index in [1.807, 2.05) is 0 Å². The van der Waals surface area contributed by atoms with Crippen LogP contribution in [-0.2, 0) is 9.59 Å². The van der Waals surface area contributed by atoms with E-state index in [1.165, 1.54) is 6.92 Å². The fraction of sp³-hybridized carbons (Fsp3) is 0.600. The first kappa shape index (κ1) is 12.2. The van der Waals surface area contributed by atoms with E-state index in [2.05, 4.69) is 0 Å². The van der Waals surface area contributed by atoms with Gasteiger partial charge in [0, 0.05) is 0 Å². The summed E-state index contributed by atoms with van der Waals surface area (Å²) in [4.78, 5) is 20.0. The molecule has 0 aromatic carbocycles. The minimum atomic E-state index is -1.27. The topological polar surface area (TPSA) is 74.6 Å². The van der Waals surface area contributed by atoms with Crippen molar-refractivity contribution in [2.75, 3.05) is 0 Å². The molecule has 54 valence electrons. The van der Waals surface area contributed by atoms with Crippen molar-refractivity contribution in [2.24, 2.45) is 5.92 Å². The molecule has 0 heterocycles. The van der Waals surface area contributed by atoms with Crippen molar-refractivity contribution in [1.29, 1.82) is 0 Å². The molecule has 0 rings (SSSR count). The van der Waals surface area contributed by atoms with Crippen LogP contribution >= 0.6 is 0 Å². The van der Waals surface area contributed by atoms with Gasteiger partial charge in [0.1, 0.15) is 0 Å². The third-order valence-electron chi connectivity index (χ3n) is 1.00.